The third-order valence-corrected chi connectivity index (χ3v) is 5.45. The number of halogens is 2. The van der Waals surface area contributed by atoms with Gasteiger partial charge in [-0.15, -0.1) is 0 Å². The Balaban J connectivity index is 1.39. The lowest BCUT2D eigenvalue weighted by atomic mass is 9.98. The first-order valence-electron chi connectivity index (χ1n) is 9.27. The Labute approximate surface area is 172 Å². The summed E-state index contributed by atoms with van der Waals surface area (Å²) in [5, 5.41) is 12.8. The molecule has 1 aliphatic carbocycles. The van der Waals surface area contributed by atoms with Gasteiger partial charge in [-0.2, -0.15) is 0 Å². The van der Waals surface area contributed by atoms with E-state index in [4.69, 9.17) is 16.3 Å². The number of fused-ring (bicyclic) bond motifs is 3. The Hall–Kier alpha value is -2.89. The lowest BCUT2D eigenvalue weighted by Crippen LogP contribution is -2.30. The summed E-state index contributed by atoms with van der Waals surface area (Å²) in [6.45, 7) is -0.0479. The summed E-state index contributed by atoms with van der Waals surface area (Å²) in [6.07, 6.45) is -1.96. The molecule has 4 nitrogen and oxygen atoms in total. The number of hydrogen-bond donors (Lipinski definition) is 2. The molecule has 0 heterocycles. The molecule has 4 rings (SSSR count). The van der Waals surface area contributed by atoms with Crippen LogP contribution in [0, 0.1) is 5.82 Å². The van der Waals surface area contributed by atoms with Gasteiger partial charge in [0.25, 0.3) is 0 Å². The van der Waals surface area contributed by atoms with Crippen LogP contribution in [0.3, 0.4) is 0 Å². The molecule has 6 heteroatoms. The molecule has 1 atom stereocenters. The van der Waals surface area contributed by atoms with E-state index < -0.39 is 18.0 Å². The van der Waals surface area contributed by atoms with Crippen molar-refractivity contribution in [3.05, 3.63) is 94.3 Å². The number of alkyl carbamates (subject to hydrolysis) is 1. The molecule has 0 aliphatic heterocycles. The number of carbonyl (C=O) groups excluding carboxylic acids is 1. The average molecular weight is 412 g/mol. The summed E-state index contributed by atoms with van der Waals surface area (Å²) in [7, 11) is 0. The molecule has 3 aromatic carbocycles. The lowest BCUT2D eigenvalue weighted by molar-refractivity contribution is 0.127. The standard InChI is InChI=1S/C23H19ClFNO3/c24-19-10-5-11-20(25)22(19)21(27)12-26-23(28)29-13-18-16-8-3-1-6-14(16)15-7-2-4-9-17(15)18/h1-11,18,21,27H,12-13H2,(H,26,28). The minimum absolute atomic E-state index is 0.0480. The van der Waals surface area contributed by atoms with Crippen LogP contribution in [-0.2, 0) is 4.74 Å². The van der Waals surface area contributed by atoms with E-state index in [0.717, 1.165) is 22.3 Å². The summed E-state index contributed by atoms with van der Waals surface area (Å²) >= 11 is 5.94. The Morgan fingerprint density at radius 2 is 1.66 bits per heavy atom. The van der Waals surface area contributed by atoms with Gasteiger partial charge in [0.2, 0.25) is 0 Å². The van der Waals surface area contributed by atoms with E-state index in [1.807, 2.05) is 36.4 Å². The molecular formula is C23H19ClFNO3. The van der Waals surface area contributed by atoms with E-state index in [-0.39, 0.29) is 29.7 Å². The Bertz CT molecular complexity index is 990. The number of nitrogens with one attached hydrogen (secondary N) is 1. The van der Waals surface area contributed by atoms with E-state index >= 15 is 0 Å². The number of ether oxygens (including phenoxy) is 1. The molecule has 0 spiro atoms. The number of rotatable bonds is 5. The van der Waals surface area contributed by atoms with Crippen LogP contribution in [0.2, 0.25) is 5.02 Å². The van der Waals surface area contributed by atoms with E-state index in [1.165, 1.54) is 18.2 Å². The molecule has 1 amide bonds. The highest BCUT2D eigenvalue weighted by Gasteiger charge is 2.29. The topological polar surface area (TPSA) is 58.6 Å². The minimum atomic E-state index is -1.27. The molecule has 1 unspecified atom stereocenters. The normalized spacial score (nSPS) is 13.5. The average Bonchev–Trinajstić information content (AvgIpc) is 3.04. The zero-order chi connectivity index (χ0) is 20.4. The second kappa shape index (κ2) is 8.23. The van der Waals surface area contributed by atoms with Crippen molar-refractivity contribution in [2.75, 3.05) is 13.2 Å². The van der Waals surface area contributed by atoms with Crippen molar-refractivity contribution in [2.24, 2.45) is 0 Å². The van der Waals surface area contributed by atoms with Gasteiger partial charge in [0, 0.05) is 16.5 Å². The first-order chi connectivity index (χ1) is 14.1. The third kappa shape index (κ3) is 3.84. The largest absolute Gasteiger partial charge is 0.449 e. The molecule has 0 fully saturated rings. The van der Waals surface area contributed by atoms with Crippen molar-refractivity contribution in [3.63, 3.8) is 0 Å². The highest BCUT2D eigenvalue weighted by atomic mass is 35.5. The first-order valence-corrected chi connectivity index (χ1v) is 9.65. The second-order valence-corrected chi connectivity index (χ2v) is 7.26. The third-order valence-electron chi connectivity index (χ3n) is 5.12. The van der Waals surface area contributed by atoms with Gasteiger partial charge < -0.3 is 15.2 Å². The van der Waals surface area contributed by atoms with Crippen molar-refractivity contribution >= 4 is 17.7 Å². The molecule has 0 saturated heterocycles. The molecule has 3 aromatic rings. The molecule has 29 heavy (non-hydrogen) atoms. The fourth-order valence-corrected chi connectivity index (χ4v) is 4.05. The van der Waals surface area contributed by atoms with Crippen LogP contribution in [0.5, 0.6) is 0 Å². The molecule has 0 radical (unpaired) electrons. The quantitative estimate of drug-likeness (QED) is 0.617. The Kier molecular flexibility index (Phi) is 5.51. The number of aliphatic hydroxyl groups excluding tert-OH is 1. The van der Waals surface area contributed by atoms with Crippen LogP contribution in [0.4, 0.5) is 9.18 Å². The smallest absolute Gasteiger partial charge is 0.407 e. The second-order valence-electron chi connectivity index (χ2n) is 6.86. The van der Waals surface area contributed by atoms with E-state index in [0.29, 0.717) is 0 Å². The van der Waals surface area contributed by atoms with E-state index in [2.05, 4.69) is 17.4 Å². The summed E-state index contributed by atoms with van der Waals surface area (Å²) in [5.74, 6) is -0.682. The SMILES string of the molecule is O=C(NCC(O)c1c(F)cccc1Cl)OCC1c2ccccc2-c2ccccc21. The van der Waals surface area contributed by atoms with Gasteiger partial charge in [-0.25, -0.2) is 9.18 Å². The van der Waals surface area contributed by atoms with Crippen LogP contribution in [0.15, 0.2) is 66.7 Å². The number of benzene rings is 3. The Morgan fingerprint density at radius 1 is 1.03 bits per heavy atom. The molecule has 148 valence electrons. The molecule has 0 saturated carbocycles. The maximum absolute atomic E-state index is 13.9. The van der Waals surface area contributed by atoms with E-state index in [1.54, 1.807) is 0 Å². The monoisotopic (exact) mass is 411 g/mol. The molecule has 0 bridgehead atoms. The highest BCUT2D eigenvalue weighted by Crippen LogP contribution is 2.44. The zero-order valence-electron chi connectivity index (χ0n) is 15.4. The number of amides is 1. The number of aliphatic hydroxyl groups is 1. The van der Waals surface area contributed by atoms with Gasteiger partial charge in [-0.1, -0.05) is 66.2 Å². The summed E-state index contributed by atoms with van der Waals surface area (Å²) < 4.78 is 19.3. The van der Waals surface area contributed by atoms with E-state index in [9.17, 15) is 14.3 Å². The van der Waals surface area contributed by atoms with Gasteiger partial charge in [0.05, 0.1) is 6.54 Å². The van der Waals surface area contributed by atoms with Crippen molar-refractivity contribution < 1.29 is 19.0 Å². The first kappa shape index (κ1) is 19.4. The molecule has 1 aliphatic rings. The lowest BCUT2D eigenvalue weighted by Gasteiger charge is -2.17. The van der Waals surface area contributed by atoms with Crippen LogP contribution in [0.1, 0.15) is 28.7 Å². The van der Waals surface area contributed by atoms with Crippen molar-refractivity contribution in [1.82, 2.24) is 5.32 Å². The highest BCUT2D eigenvalue weighted by molar-refractivity contribution is 6.31. The van der Waals surface area contributed by atoms with Gasteiger partial charge in [-0.05, 0) is 34.4 Å². The van der Waals surface area contributed by atoms with Gasteiger partial charge in [0.1, 0.15) is 18.5 Å². The molecule has 0 aromatic heterocycles. The van der Waals surface area contributed by atoms with Crippen molar-refractivity contribution in [2.45, 2.75) is 12.0 Å². The van der Waals surface area contributed by atoms with Gasteiger partial charge in [0.15, 0.2) is 0 Å². The molecular weight excluding hydrogens is 393 g/mol. The predicted molar refractivity (Wildman–Crippen MR) is 109 cm³/mol. The predicted octanol–water partition coefficient (Wildman–Crippen LogP) is 5.05. The van der Waals surface area contributed by atoms with Crippen molar-refractivity contribution in [3.8, 4) is 11.1 Å². The Morgan fingerprint density at radius 3 is 2.28 bits per heavy atom. The summed E-state index contributed by atoms with van der Waals surface area (Å²) in [6, 6.07) is 20.2. The number of hydrogen-bond acceptors (Lipinski definition) is 3. The summed E-state index contributed by atoms with van der Waals surface area (Å²) in [5.41, 5.74) is 4.45. The van der Waals surface area contributed by atoms with Gasteiger partial charge >= 0.3 is 6.09 Å². The van der Waals surface area contributed by atoms with Crippen LogP contribution < -0.4 is 5.32 Å². The van der Waals surface area contributed by atoms with Crippen molar-refractivity contribution in [1.29, 1.82) is 0 Å². The molecule has 2 N–H and O–H groups in total. The summed E-state index contributed by atoms with van der Waals surface area (Å²) in [4.78, 5) is 12.2. The maximum Gasteiger partial charge on any atom is 0.407 e. The van der Waals surface area contributed by atoms with Crippen LogP contribution in [0.25, 0.3) is 11.1 Å². The minimum Gasteiger partial charge on any atom is -0.449 e. The number of carbonyl (C=O) groups is 1. The maximum atomic E-state index is 13.9. The fraction of sp³-hybridized carbons (Fsp3) is 0.174. The zero-order valence-corrected chi connectivity index (χ0v) is 16.2. The van der Waals surface area contributed by atoms with Gasteiger partial charge in [-0.3, -0.25) is 0 Å². The van der Waals surface area contributed by atoms with Crippen LogP contribution >= 0.6 is 11.6 Å². The van der Waals surface area contributed by atoms with Crippen LogP contribution in [-0.4, -0.2) is 24.4 Å². The fourth-order valence-electron chi connectivity index (χ4n) is 3.76.